The van der Waals surface area contributed by atoms with Crippen LogP contribution >= 0.6 is 0 Å². The zero-order chi connectivity index (χ0) is 34.1. The van der Waals surface area contributed by atoms with E-state index in [0.717, 1.165) is 0 Å². The molecular weight excluding hydrogens is 613 g/mol. The molecule has 51 heavy (non-hydrogen) atoms. The van der Waals surface area contributed by atoms with E-state index in [0.29, 0.717) is 0 Å². The molecule has 0 fully saturated rings. The van der Waals surface area contributed by atoms with Gasteiger partial charge in [0.25, 0.3) is 0 Å². The Kier molecular flexibility index (Phi) is 6.63. The zero-order valence-corrected chi connectivity index (χ0v) is 28.8. The second-order valence-electron chi connectivity index (χ2n) is 14.5. The highest BCUT2D eigenvalue weighted by Crippen LogP contribution is 2.49. The molecule has 0 saturated carbocycles. The first-order valence-electron chi connectivity index (χ1n) is 17.9. The van der Waals surface area contributed by atoms with Crippen LogP contribution in [-0.2, 0) is 5.41 Å². The lowest BCUT2D eigenvalue weighted by molar-refractivity contribution is 0.660. The topological polar surface area (TPSA) is 0 Å². The van der Waals surface area contributed by atoms with E-state index < -0.39 is 0 Å². The van der Waals surface area contributed by atoms with E-state index in [-0.39, 0.29) is 5.41 Å². The van der Waals surface area contributed by atoms with Crippen LogP contribution in [0.5, 0.6) is 0 Å². The normalized spacial score (nSPS) is 13.1. The second-order valence-corrected chi connectivity index (χ2v) is 14.5. The van der Waals surface area contributed by atoms with Crippen molar-refractivity contribution in [1.29, 1.82) is 0 Å². The van der Waals surface area contributed by atoms with Crippen molar-refractivity contribution in [2.24, 2.45) is 0 Å². The Morgan fingerprint density at radius 2 is 0.745 bits per heavy atom. The van der Waals surface area contributed by atoms with Crippen LogP contribution in [0, 0.1) is 0 Å². The Balaban J connectivity index is 1.03. The number of rotatable bonds is 4. The van der Waals surface area contributed by atoms with E-state index in [1.807, 2.05) is 0 Å². The Morgan fingerprint density at radius 1 is 0.275 bits per heavy atom. The van der Waals surface area contributed by atoms with Gasteiger partial charge in [-0.05, 0) is 117 Å². The number of hydrogen-bond acceptors (Lipinski definition) is 0. The maximum atomic E-state index is 2.40. The standard InChI is InChI=1S/C51H36/c1-51(2)48-19-11-10-17-43(48)44-29-28-38(32-49(44)51)35-24-20-33(21-25-35)34-22-26-36(27-23-34)39-30-46(37-12-4-3-5-13-37)50-45-18-9-8-15-41(45)40-14-6-7-16-42(40)47(50)31-39/h3-32H,1-2H3. The van der Waals surface area contributed by atoms with Crippen molar-refractivity contribution >= 4 is 32.3 Å². The summed E-state index contributed by atoms with van der Waals surface area (Å²) in [7, 11) is 0. The third-order valence-electron chi connectivity index (χ3n) is 11.3. The third kappa shape index (κ3) is 4.68. The summed E-state index contributed by atoms with van der Waals surface area (Å²) in [6.07, 6.45) is 0. The summed E-state index contributed by atoms with van der Waals surface area (Å²) in [5.74, 6) is 0. The lowest BCUT2D eigenvalue weighted by atomic mass is 9.81. The second kappa shape index (κ2) is 11.4. The van der Waals surface area contributed by atoms with Gasteiger partial charge in [-0.3, -0.25) is 0 Å². The predicted octanol–water partition coefficient (Wildman–Crippen LogP) is 14.1. The molecule has 0 aromatic heterocycles. The molecule has 9 aromatic rings. The van der Waals surface area contributed by atoms with E-state index in [1.54, 1.807) is 0 Å². The molecule has 0 spiro atoms. The Labute approximate surface area is 299 Å². The highest BCUT2D eigenvalue weighted by atomic mass is 14.4. The molecule has 0 radical (unpaired) electrons. The molecule has 240 valence electrons. The summed E-state index contributed by atoms with van der Waals surface area (Å²) >= 11 is 0. The molecule has 0 atom stereocenters. The van der Waals surface area contributed by atoms with Gasteiger partial charge in [0.15, 0.2) is 0 Å². The summed E-state index contributed by atoms with van der Waals surface area (Å²) in [6.45, 7) is 4.69. The number of hydrogen-bond donors (Lipinski definition) is 0. The van der Waals surface area contributed by atoms with Gasteiger partial charge in [0.2, 0.25) is 0 Å². The Hall–Kier alpha value is -6.24. The van der Waals surface area contributed by atoms with Crippen LogP contribution < -0.4 is 0 Å². The minimum absolute atomic E-state index is 0.00257. The average molecular weight is 649 g/mol. The van der Waals surface area contributed by atoms with Gasteiger partial charge >= 0.3 is 0 Å². The van der Waals surface area contributed by atoms with Crippen LogP contribution in [0.15, 0.2) is 182 Å². The van der Waals surface area contributed by atoms with Gasteiger partial charge < -0.3 is 0 Å². The van der Waals surface area contributed by atoms with Crippen molar-refractivity contribution < 1.29 is 0 Å². The fraction of sp³-hybridized carbons (Fsp3) is 0.0588. The molecule has 0 amide bonds. The first kappa shape index (κ1) is 29.7. The number of benzene rings is 9. The van der Waals surface area contributed by atoms with Crippen molar-refractivity contribution in [2.45, 2.75) is 19.3 Å². The van der Waals surface area contributed by atoms with Gasteiger partial charge in [-0.15, -0.1) is 0 Å². The minimum Gasteiger partial charge on any atom is -0.0622 e. The molecule has 9 aromatic carbocycles. The maximum absolute atomic E-state index is 2.40. The molecule has 0 saturated heterocycles. The van der Waals surface area contributed by atoms with Gasteiger partial charge in [0.1, 0.15) is 0 Å². The summed E-state index contributed by atoms with van der Waals surface area (Å²) in [5.41, 5.74) is 15.4. The highest BCUT2D eigenvalue weighted by Gasteiger charge is 2.35. The van der Waals surface area contributed by atoms with Crippen LogP contribution in [0.3, 0.4) is 0 Å². The van der Waals surface area contributed by atoms with E-state index in [4.69, 9.17) is 0 Å². The van der Waals surface area contributed by atoms with Gasteiger partial charge in [0.05, 0.1) is 0 Å². The SMILES string of the molecule is CC1(C)c2ccccc2-c2ccc(-c3ccc(-c4ccc(-c5cc(-c6ccccc6)c6c7ccccc7c7ccccc7c6c5)cc4)cc3)cc21. The first-order valence-corrected chi connectivity index (χ1v) is 17.9. The summed E-state index contributed by atoms with van der Waals surface area (Å²) < 4.78 is 0. The average Bonchev–Trinajstić information content (AvgIpc) is 3.43. The van der Waals surface area contributed by atoms with E-state index in [9.17, 15) is 0 Å². The molecule has 1 aliphatic rings. The molecule has 0 unspecified atom stereocenters. The fourth-order valence-corrected chi connectivity index (χ4v) is 8.64. The molecule has 0 heteroatoms. The predicted molar refractivity (Wildman–Crippen MR) is 218 cm³/mol. The molecular formula is C51H36. The highest BCUT2D eigenvalue weighted by molar-refractivity contribution is 6.29. The Bertz CT molecular complexity index is 2780. The maximum Gasteiger partial charge on any atom is 0.0159 e. The smallest absolute Gasteiger partial charge is 0.0159 e. The van der Waals surface area contributed by atoms with Crippen molar-refractivity contribution in [2.75, 3.05) is 0 Å². The first-order chi connectivity index (χ1) is 25.0. The minimum atomic E-state index is -0.00257. The van der Waals surface area contributed by atoms with Gasteiger partial charge in [-0.25, -0.2) is 0 Å². The van der Waals surface area contributed by atoms with Gasteiger partial charge in [-0.1, -0.05) is 178 Å². The largest absolute Gasteiger partial charge is 0.0622 e. The molecule has 10 rings (SSSR count). The summed E-state index contributed by atoms with van der Waals surface area (Å²) in [6, 6.07) is 67.3. The molecule has 0 nitrogen and oxygen atoms in total. The summed E-state index contributed by atoms with van der Waals surface area (Å²) in [4.78, 5) is 0. The van der Waals surface area contributed by atoms with Crippen molar-refractivity contribution in [3.63, 3.8) is 0 Å². The van der Waals surface area contributed by atoms with Crippen molar-refractivity contribution in [3.8, 4) is 55.6 Å². The zero-order valence-electron chi connectivity index (χ0n) is 28.8. The van der Waals surface area contributed by atoms with E-state index in [2.05, 4.69) is 196 Å². The molecule has 0 N–H and O–H groups in total. The molecule has 1 aliphatic carbocycles. The van der Waals surface area contributed by atoms with Crippen molar-refractivity contribution in [1.82, 2.24) is 0 Å². The van der Waals surface area contributed by atoms with Crippen LogP contribution in [0.4, 0.5) is 0 Å². The quantitative estimate of drug-likeness (QED) is 0.167. The van der Waals surface area contributed by atoms with E-state index >= 15 is 0 Å². The van der Waals surface area contributed by atoms with Crippen LogP contribution in [0.2, 0.25) is 0 Å². The fourth-order valence-electron chi connectivity index (χ4n) is 8.64. The van der Waals surface area contributed by atoms with Crippen LogP contribution in [-0.4, -0.2) is 0 Å². The van der Waals surface area contributed by atoms with E-state index in [1.165, 1.54) is 99.1 Å². The van der Waals surface area contributed by atoms with Gasteiger partial charge in [0, 0.05) is 5.41 Å². The lowest BCUT2D eigenvalue weighted by Crippen LogP contribution is -2.14. The Morgan fingerprint density at radius 3 is 1.41 bits per heavy atom. The number of fused-ring (bicyclic) bond motifs is 9. The molecule has 0 heterocycles. The molecule has 0 aliphatic heterocycles. The van der Waals surface area contributed by atoms with Gasteiger partial charge in [-0.2, -0.15) is 0 Å². The molecule has 0 bridgehead atoms. The van der Waals surface area contributed by atoms with Crippen LogP contribution in [0.25, 0.3) is 88.0 Å². The van der Waals surface area contributed by atoms with Crippen LogP contribution in [0.1, 0.15) is 25.0 Å². The third-order valence-corrected chi connectivity index (χ3v) is 11.3. The van der Waals surface area contributed by atoms with Crippen molar-refractivity contribution in [3.05, 3.63) is 193 Å². The summed E-state index contributed by atoms with van der Waals surface area (Å²) in [5, 5.41) is 7.78. The monoisotopic (exact) mass is 648 g/mol. The lowest BCUT2D eigenvalue weighted by Gasteiger charge is -2.22.